The number of fused-ring (bicyclic) bond motifs is 7. The van der Waals surface area contributed by atoms with Crippen molar-refractivity contribution in [3.05, 3.63) is 11.6 Å². The van der Waals surface area contributed by atoms with E-state index >= 15 is 0 Å². The Kier molecular flexibility index (Phi) is 21.9. The van der Waals surface area contributed by atoms with Gasteiger partial charge in [-0.25, -0.2) is 4.79 Å². The molecule has 1 unspecified atom stereocenters. The van der Waals surface area contributed by atoms with Gasteiger partial charge < -0.3 is 133 Å². The molecule has 10 rings (SSSR count). The summed E-state index contributed by atoms with van der Waals surface area (Å²) in [5.41, 5.74) is -2.72. The first-order chi connectivity index (χ1) is 44.5. The van der Waals surface area contributed by atoms with E-state index in [0.29, 0.717) is 44.9 Å². The van der Waals surface area contributed by atoms with Crippen LogP contribution in [0.25, 0.3) is 0 Å². The number of carbonyl (C=O) groups excluding carboxylic acids is 3. The van der Waals surface area contributed by atoms with Gasteiger partial charge >= 0.3 is 23.9 Å². The molecule has 9 fully saturated rings. The number of esters is 3. The van der Waals surface area contributed by atoms with Crippen LogP contribution >= 0.6 is 0 Å². The van der Waals surface area contributed by atoms with Gasteiger partial charge in [0.25, 0.3) is 0 Å². The van der Waals surface area contributed by atoms with Gasteiger partial charge in [-0.15, -0.1) is 0 Å². The summed E-state index contributed by atoms with van der Waals surface area (Å²) in [5.74, 6) is -4.47. The van der Waals surface area contributed by atoms with Gasteiger partial charge in [-0.1, -0.05) is 60.1 Å². The topological polar surface area (TPSA) is 471 Å². The second-order valence-electron chi connectivity index (χ2n) is 30.1. The second kappa shape index (κ2) is 27.9. The molecule has 0 spiro atoms. The van der Waals surface area contributed by atoms with E-state index in [0.717, 1.165) is 20.8 Å². The van der Waals surface area contributed by atoms with E-state index in [4.69, 9.17) is 61.6 Å². The van der Waals surface area contributed by atoms with Crippen LogP contribution < -0.4 is 0 Å². The van der Waals surface area contributed by atoms with Crippen molar-refractivity contribution in [3.63, 3.8) is 0 Å². The number of allylic oxidation sites excluding steroid dienone is 2. The van der Waals surface area contributed by atoms with Crippen LogP contribution in [0.3, 0.4) is 0 Å². The minimum absolute atomic E-state index is 0.00760. The molecule has 14 N–H and O–H groups in total. The van der Waals surface area contributed by atoms with Gasteiger partial charge in [-0.3, -0.25) is 14.4 Å². The van der Waals surface area contributed by atoms with Crippen LogP contribution in [0, 0.1) is 50.2 Å². The Morgan fingerprint density at radius 3 is 1.71 bits per heavy atom. The first kappa shape index (κ1) is 74.4. The molecular weight excluding hydrogens is 1260 g/mol. The highest BCUT2D eigenvalue weighted by atomic mass is 16.8. The fourth-order valence-corrected chi connectivity index (χ4v) is 18.6. The molecule has 4 saturated carbocycles. The Morgan fingerprint density at radius 1 is 0.526 bits per heavy atom. The average molecular weight is 1370 g/mol. The normalized spacial score (nSPS) is 51.3. The predicted molar refractivity (Wildman–Crippen MR) is 315 cm³/mol. The molecule has 0 aromatic heterocycles. The van der Waals surface area contributed by atoms with E-state index in [-0.39, 0.29) is 36.2 Å². The Balaban J connectivity index is 0.887. The Hall–Kier alpha value is -3.30. The van der Waals surface area contributed by atoms with Crippen LogP contribution in [0.1, 0.15) is 121 Å². The van der Waals surface area contributed by atoms with Crippen LogP contribution in [-0.2, 0) is 80.8 Å². The first-order valence-electron chi connectivity index (χ1n) is 33.0. The van der Waals surface area contributed by atoms with Crippen molar-refractivity contribution in [2.45, 2.75) is 280 Å². The molecule has 0 amide bonds. The lowest BCUT2D eigenvalue weighted by Gasteiger charge is -2.72. The SMILES string of the molecule is CC(=O)O[C@@H]1[C@@H](OC(C)=O)[C@H](O[C@@H]2[C@@H](O)[C@H](O[C@@H]3[C@H](O)C(C)(C)C[C@H]4C5=CC[C@@H]6[C@@]7(C)CC[C@H](OC8O[C@H](C(=O)O)[C@@H](O)[C@H](O)[C@H]8O[C@@H]8O[C@H](CO)[C@H](O)[C@H](O)[C@H]8O[C@@H]8O[C@H](CO)[C@@H](O)[C@H](O)[C@H]8O)[C@](C)(CO)[C@@H]7CC[C@@]6(C)[C@]5(C)CC[C@@]34C)OC[C@@H]2O)OC[C@H]1OC(C)=O. The Labute approximate surface area is 549 Å². The lowest BCUT2D eigenvalue weighted by molar-refractivity contribution is -0.397. The number of aliphatic hydroxyl groups excluding tert-OH is 13. The number of aliphatic carboxylic acids is 1. The van der Waals surface area contributed by atoms with Crippen molar-refractivity contribution in [2.24, 2.45) is 50.2 Å². The van der Waals surface area contributed by atoms with Crippen molar-refractivity contribution in [1.82, 2.24) is 0 Å². The maximum absolute atomic E-state index is 12.7. The highest BCUT2D eigenvalue weighted by molar-refractivity contribution is 5.73. The summed E-state index contributed by atoms with van der Waals surface area (Å²) in [6.07, 6.45) is -37.0. The fraction of sp³-hybridized carbons (Fsp3) is 0.906. The summed E-state index contributed by atoms with van der Waals surface area (Å²) in [5, 5.41) is 156. The standard InChI is InChI=1S/C64H100O31/c1-25(68)85-33-23-84-56(50(87-27(3)70)46(33)86-26(2)69)91-45-30(71)22-83-54(44(45)79)95-52-51(80)59(4,5)19-29-28-11-12-35-61(7)15-14-36(62(8,24-67)34(61)13-16-64(35,10)63(28,9)18-17-60(29,52)6)90-58-49(42(77)41(76)47(92-58)53(81)82)94-57-48(40(75)38(73)32(21-66)89-57)93-55-43(78)39(74)37(72)31(20-65)88-55/h11,29-52,54-58,65-67,71-80H,12-24H2,1-10H3,(H,81,82)/t29-,30-,31+,32+,33+,34+,35+,36-,37+,38-,39-,40-,41-,42-,43+,44+,45-,46-,47-,48+,49+,50+,51-,52+,54-,55-,56-,57-,58?,60+,61-,62+,63+,64+/m0/s1. The molecule has 5 aliphatic carbocycles. The number of hydrogen-bond acceptors (Lipinski definition) is 30. The largest absolute Gasteiger partial charge is 0.479 e. The molecule has 0 radical (unpaired) electrons. The zero-order chi connectivity index (χ0) is 69.7. The maximum Gasteiger partial charge on any atom is 0.335 e. The van der Waals surface area contributed by atoms with Crippen LogP contribution in [0.2, 0.25) is 0 Å². The summed E-state index contributed by atoms with van der Waals surface area (Å²) < 4.78 is 77.5. The molecule has 5 aliphatic heterocycles. The van der Waals surface area contributed by atoms with Gasteiger partial charge in [0, 0.05) is 31.6 Å². The number of carboxylic acid groups (broad SMARTS) is 1. The summed E-state index contributed by atoms with van der Waals surface area (Å²) in [6, 6.07) is 0. The second-order valence-corrected chi connectivity index (χ2v) is 30.1. The number of ether oxygens (including phenoxy) is 13. The lowest BCUT2D eigenvalue weighted by atomic mass is 9.33. The number of aliphatic hydroxyl groups is 13. The zero-order valence-corrected chi connectivity index (χ0v) is 55.2. The van der Waals surface area contributed by atoms with E-state index in [1.165, 1.54) is 5.57 Å². The van der Waals surface area contributed by atoms with Crippen LogP contribution in [-0.4, -0.2) is 288 Å². The van der Waals surface area contributed by atoms with Gasteiger partial charge in [-0.2, -0.15) is 0 Å². The van der Waals surface area contributed by atoms with Gasteiger partial charge in [0.1, 0.15) is 85.5 Å². The molecule has 95 heavy (non-hydrogen) atoms. The molecule has 0 aromatic carbocycles. The smallest absolute Gasteiger partial charge is 0.335 e. The van der Waals surface area contributed by atoms with Crippen LogP contribution in [0.4, 0.5) is 0 Å². The highest BCUT2D eigenvalue weighted by Gasteiger charge is 2.71. The van der Waals surface area contributed by atoms with Crippen molar-refractivity contribution in [3.8, 4) is 0 Å². The van der Waals surface area contributed by atoms with Crippen molar-refractivity contribution in [1.29, 1.82) is 0 Å². The Bertz CT molecular complexity index is 2770. The maximum atomic E-state index is 12.7. The molecule has 542 valence electrons. The lowest BCUT2D eigenvalue weighted by Crippen LogP contribution is -2.69. The third kappa shape index (κ3) is 13.1. The van der Waals surface area contributed by atoms with E-state index in [1.807, 2.05) is 20.8 Å². The quantitative estimate of drug-likeness (QED) is 0.0305. The molecule has 0 aromatic rings. The zero-order valence-electron chi connectivity index (χ0n) is 55.2. The van der Waals surface area contributed by atoms with E-state index < -0.39 is 237 Å². The molecule has 34 atom stereocenters. The summed E-state index contributed by atoms with van der Waals surface area (Å²) in [4.78, 5) is 49.5. The monoisotopic (exact) mass is 1360 g/mol. The number of rotatable bonds is 17. The summed E-state index contributed by atoms with van der Waals surface area (Å²) in [7, 11) is 0. The third-order valence-corrected chi connectivity index (χ3v) is 24.1. The van der Waals surface area contributed by atoms with E-state index in [2.05, 4.69) is 33.8 Å². The molecule has 31 heteroatoms. The van der Waals surface area contributed by atoms with Gasteiger partial charge in [-0.05, 0) is 90.8 Å². The van der Waals surface area contributed by atoms with Crippen LogP contribution in [0.5, 0.6) is 0 Å². The number of hydrogen-bond donors (Lipinski definition) is 14. The molecule has 0 bridgehead atoms. The van der Waals surface area contributed by atoms with E-state index in [9.17, 15) is 90.7 Å². The average Bonchev–Trinajstić information content (AvgIpc) is 0.675. The minimum Gasteiger partial charge on any atom is -0.479 e. The Morgan fingerprint density at radius 2 is 1.09 bits per heavy atom. The molecular formula is C64H100O31. The van der Waals surface area contributed by atoms with Crippen molar-refractivity contribution in [2.75, 3.05) is 33.0 Å². The molecule has 31 nitrogen and oxygen atoms in total. The molecule has 5 heterocycles. The minimum atomic E-state index is -2.18. The summed E-state index contributed by atoms with van der Waals surface area (Å²) >= 11 is 0. The van der Waals surface area contributed by atoms with Crippen molar-refractivity contribution < 1.29 is 152 Å². The third-order valence-electron chi connectivity index (χ3n) is 24.1. The van der Waals surface area contributed by atoms with Gasteiger partial charge in [0.2, 0.25) is 0 Å². The van der Waals surface area contributed by atoms with Crippen LogP contribution in [0.15, 0.2) is 11.6 Å². The predicted octanol–water partition coefficient (Wildman–Crippen LogP) is -2.71. The van der Waals surface area contributed by atoms with E-state index in [1.54, 1.807) is 0 Å². The summed E-state index contributed by atoms with van der Waals surface area (Å²) in [6.45, 7) is 15.1. The highest BCUT2D eigenvalue weighted by Crippen LogP contribution is 2.76. The van der Waals surface area contributed by atoms with Gasteiger partial charge in [0.05, 0.1) is 51.3 Å². The first-order valence-corrected chi connectivity index (χ1v) is 33.0. The molecule has 10 aliphatic rings. The number of carbonyl (C=O) groups is 4. The number of carboxylic acids is 1. The van der Waals surface area contributed by atoms with Crippen molar-refractivity contribution >= 4 is 23.9 Å². The molecule has 5 saturated heterocycles. The van der Waals surface area contributed by atoms with Gasteiger partial charge in [0.15, 0.2) is 55.9 Å². The fourth-order valence-electron chi connectivity index (χ4n) is 18.6.